The summed E-state index contributed by atoms with van der Waals surface area (Å²) in [5.41, 5.74) is 1.73. The van der Waals surface area contributed by atoms with Crippen molar-refractivity contribution in [3.05, 3.63) is 53.6 Å². The first-order valence-electron chi connectivity index (χ1n) is 10.0. The minimum Gasteiger partial charge on any atom is -0.497 e. The molecule has 0 atom stereocenters. The largest absolute Gasteiger partial charge is 0.497 e. The molecule has 2 aromatic carbocycles. The van der Waals surface area contributed by atoms with Gasteiger partial charge in [0.25, 0.3) is 15.9 Å². The number of hydrogen-bond donors (Lipinski definition) is 1. The van der Waals surface area contributed by atoms with Crippen molar-refractivity contribution in [3.8, 4) is 5.75 Å². The van der Waals surface area contributed by atoms with Gasteiger partial charge >= 0.3 is 0 Å². The summed E-state index contributed by atoms with van der Waals surface area (Å²) in [5, 5.41) is 3.09. The molecular formula is C23H32N2O4S. The summed E-state index contributed by atoms with van der Waals surface area (Å²) in [4.78, 5) is 12.9. The van der Waals surface area contributed by atoms with Gasteiger partial charge in [0.15, 0.2) is 0 Å². The number of anilines is 1. The topological polar surface area (TPSA) is 75.7 Å². The van der Waals surface area contributed by atoms with E-state index in [1.165, 1.54) is 30.6 Å². The molecule has 7 heteroatoms. The van der Waals surface area contributed by atoms with Crippen LogP contribution in [0, 0.1) is 18.8 Å². The molecule has 0 spiro atoms. The molecule has 1 amide bonds. The standard InChI is InChI=1S/C23H32N2O4S/c1-15(2)22(16(3)4)24-23(26)18-8-13-21(17(5)14-18)25(6)30(27,28)20-11-9-19(29-7)10-12-20/h8-16,22H,1-7H3,(H,24,26). The van der Waals surface area contributed by atoms with E-state index in [4.69, 9.17) is 4.74 Å². The Morgan fingerprint density at radius 1 is 1.00 bits per heavy atom. The second-order valence-corrected chi connectivity index (χ2v) is 10.1. The second-order valence-electron chi connectivity index (χ2n) is 8.14. The number of rotatable bonds is 8. The normalized spacial score (nSPS) is 11.8. The summed E-state index contributed by atoms with van der Waals surface area (Å²) >= 11 is 0. The summed E-state index contributed by atoms with van der Waals surface area (Å²) in [6.45, 7) is 10.1. The van der Waals surface area contributed by atoms with E-state index in [1.807, 2.05) is 0 Å². The van der Waals surface area contributed by atoms with Crippen LogP contribution in [0.15, 0.2) is 47.4 Å². The highest BCUT2D eigenvalue weighted by Gasteiger charge is 2.24. The first kappa shape index (κ1) is 23.7. The zero-order valence-electron chi connectivity index (χ0n) is 18.8. The van der Waals surface area contributed by atoms with Crippen molar-refractivity contribution in [2.45, 2.75) is 45.6 Å². The maximum absolute atomic E-state index is 13.0. The lowest BCUT2D eigenvalue weighted by molar-refractivity contribution is 0.0910. The summed E-state index contributed by atoms with van der Waals surface area (Å²) in [6.07, 6.45) is 0. The predicted molar refractivity (Wildman–Crippen MR) is 121 cm³/mol. The number of methoxy groups -OCH3 is 1. The van der Waals surface area contributed by atoms with Crippen LogP contribution in [0.4, 0.5) is 5.69 Å². The van der Waals surface area contributed by atoms with Crippen molar-refractivity contribution in [1.29, 1.82) is 0 Å². The molecule has 0 bridgehead atoms. The summed E-state index contributed by atoms with van der Waals surface area (Å²) in [7, 11) is -0.699. The van der Waals surface area contributed by atoms with E-state index in [9.17, 15) is 13.2 Å². The van der Waals surface area contributed by atoms with Gasteiger partial charge in [-0.3, -0.25) is 9.10 Å². The van der Waals surface area contributed by atoms with Gasteiger partial charge in [0, 0.05) is 18.7 Å². The Bertz CT molecular complexity index is 975. The zero-order valence-corrected chi connectivity index (χ0v) is 19.6. The van der Waals surface area contributed by atoms with Crippen LogP contribution in [-0.2, 0) is 10.0 Å². The monoisotopic (exact) mass is 432 g/mol. The molecular weight excluding hydrogens is 400 g/mol. The Morgan fingerprint density at radius 2 is 1.57 bits per heavy atom. The number of carbonyl (C=O) groups is 1. The fourth-order valence-corrected chi connectivity index (χ4v) is 4.78. The first-order chi connectivity index (χ1) is 14.0. The van der Waals surface area contributed by atoms with Gasteiger partial charge in [0.1, 0.15) is 5.75 Å². The number of sulfonamides is 1. The molecule has 0 radical (unpaired) electrons. The third-order valence-corrected chi connectivity index (χ3v) is 7.04. The molecule has 2 aromatic rings. The van der Waals surface area contributed by atoms with E-state index in [0.717, 1.165) is 0 Å². The molecule has 164 valence electrons. The molecule has 30 heavy (non-hydrogen) atoms. The predicted octanol–water partition coefficient (Wildman–Crippen LogP) is 4.24. The van der Waals surface area contributed by atoms with Crippen LogP contribution in [0.1, 0.15) is 43.6 Å². The van der Waals surface area contributed by atoms with Crippen LogP contribution >= 0.6 is 0 Å². The van der Waals surface area contributed by atoms with E-state index in [-0.39, 0.29) is 16.8 Å². The van der Waals surface area contributed by atoms with Crippen LogP contribution < -0.4 is 14.4 Å². The van der Waals surface area contributed by atoms with Crippen LogP contribution in [0.25, 0.3) is 0 Å². The van der Waals surface area contributed by atoms with Gasteiger partial charge < -0.3 is 10.1 Å². The lowest BCUT2D eigenvalue weighted by Crippen LogP contribution is -2.42. The summed E-state index contributed by atoms with van der Waals surface area (Å²) in [5.74, 6) is 1.06. The number of hydrogen-bond acceptors (Lipinski definition) is 4. The number of benzene rings is 2. The molecule has 0 saturated heterocycles. The quantitative estimate of drug-likeness (QED) is 0.677. The van der Waals surface area contributed by atoms with E-state index in [2.05, 4.69) is 33.0 Å². The van der Waals surface area contributed by atoms with Gasteiger partial charge in [-0.25, -0.2) is 8.42 Å². The van der Waals surface area contributed by atoms with Crippen molar-refractivity contribution in [3.63, 3.8) is 0 Å². The number of nitrogens with zero attached hydrogens (tertiary/aromatic N) is 1. The first-order valence-corrected chi connectivity index (χ1v) is 11.5. The Balaban J connectivity index is 2.28. The average Bonchev–Trinajstić information content (AvgIpc) is 2.70. The summed E-state index contributed by atoms with van der Waals surface area (Å²) < 4.78 is 32.3. The highest BCUT2D eigenvalue weighted by atomic mass is 32.2. The molecule has 0 aliphatic heterocycles. The van der Waals surface area contributed by atoms with Crippen molar-refractivity contribution in [1.82, 2.24) is 5.32 Å². The fourth-order valence-electron chi connectivity index (χ4n) is 3.52. The van der Waals surface area contributed by atoms with Gasteiger partial charge in [0.2, 0.25) is 0 Å². The third-order valence-electron chi connectivity index (χ3n) is 5.25. The second kappa shape index (κ2) is 9.51. The number of aryl methyl sites for hydroxylation is 1. The number of carbonyl (C=O) groups excluding carboxylic acids is 1. The van der Waals surface area contributed by atoms with Crippen molar-refractivity contribution >= 4 is 21.6 Å². The van der Waals surface area contributed by atoms with Crippen molar-refractivity contribution in [2.75, 3.05) is 18.5 Å². The van der Waals surface area contributed by atoms with Crippen LogP contribution in [0.5, 0.6) is 5.75 Å². The zero-order chi connectivity index (χ0) is 22.6. The van der Waals surface area contributed by atoms with Crippen molar-refractivity contribution in [2.24, 2.45) is 11.8 Å². The van der Waals surface area contributed by atoms with E-state index >= 15 is 0 Å². The van der Waals surface area contributed by atoms with Gasteiger partial charge in [-0.2, -0.15) is 0 Å². The number of amides is 1. The average molecular weight is 433 g/mol. The molecule has 2 rings (SSSR count). The molecule has 0 unspecified atom stereocenters. The van der Waals surface area contributed by atoms with Crippen molar-refractivity contribution < 1.29 is 17.9 Å². The Hall–Kier alpha value is -2.54. The van der Waals surface area contributed by atoms with Crippen LogP contribution in [0.3, 0.4) is 0 Å². The number of ether oxygens (including phenoxy) is 1. The third kappa shape index (κ3) is 5.14. The lowest BCUT2D eigenvalue weighted by atomic mass is 9.93. The fraction of sp³-hybridized carbons (Fsp3) is 0.435. The Kier molecular flexibility index (Phi) is 7.53. The molecule has 0 aliphatic carbocycles. The Labute approximate surface area is 180 Å². The van der Waals surface area contributed by atoms with Gasteiger partial charge in [-0.05, 0) is 66.8 Å². The van der Waals surface area contributed by atoms with E-state index < -0.39 is 10.0 Å². The van der Waals surface area contributed by atoms with E-state index in [1.54, 1.807) is 37.3 Å². The number of nitrogens with one attached hydrogen (secondary N) is 1. The maximum Gasteiger partial charge on any atom is 0.264 e. The molecule has 0 saturated carbocycles. The Morgan fingerprint density at radius 3 is 2.03 bits per heavy atom. The maximum atomic E-state index is 13.0. The van der Waals surface area contributed by atoms with Gasteiger partial charge in [0.05, 0.1) is 17.7 Å². The van der Waals surface area contributed by atoms with E-state index in [0.29, 0.717) is 34.4 Å². The van der Waals surface area contributed by atoms with Gasteiger partial charge in [-0.1, -0.05) is 27.7 Å². The van der Waals surface area contributed by atoms with Gasteiger partial charge in [-0.15, -0.1) is 0 Å². The minimum absolute atomic E-state index is 0.0654. The minimum atomic E-state index is -3.74. The molecule has 0 aromatic heterocycles. The molecule has 0 aliphatic rings. The molecule has 0 fully saturated rings. The summed E-state index contributed by atoms with van der Waals surface area (Å²) in [6, 6.07) is 11.4. The highest BCUT2D eigenvalue weighted by molar-refractivity contribution is 7.92. The molecule has 1 N–H and O–H groups in total. The van der Waals surface area contributed by atoms with Crippen LogP contribution in [-0.4, -0.2) is 34.5 Å². The lowest BCUT2D eigenvalue weighted by Gasteiger charge is -2.26. The smallest absolute Gasteiger partial charge is 0.264 e. The molecule has 0 heterocycles. The SMILES string of the molecule is COc1ccc(S(=O)(=O)N(C)c2ccc(C(=O)NC(C(C)C)C(C)C)cc2C)cc1. The highest BCUT2D eigenvalue weighted by Crippen LogP contribution is 2.27. The molecule has 6 nitrogen and oxygen atoms in total. The van der Waals surface area contributed by atoms with Crippen LogP contribution in [0.2, 0.25) is 0 Å².